The van der Waals surface area contributed by atoms with Crippen LogP contribution in [0.15, 0.2) is 40.9 Å². The summed E-state index contributed by atoms with van der Waals surface area (Å²) in [6.45, 7) is 0. The summed E-state index contributed by atoms with van der Waals surface area (Å²) in [6, 6.07) is 12.6. The van der Waals surface area contributed by atoms with Crippen LogP contribution >= 0.6 is 27.5 Å². The molecule has 3 rings (SSSR count). The Morgan fingerprint density at radius 3 is 2.75 bits per heavy atom. The molecule has 1 aliphatic carbocycles. The fourth-order valence-corrected chi connectivity index (χ4v) is 3.28. The van der Waals surface area contributed by atoms with Crippen LogP contribution in [-0.2, 0) is 12.8 Å². The minimum atomic E-state index is 0.411. The molecule has 0 saturated heterocycles. The Morgan fingerprint density at radius 1 is 1.15 bits per heavy atom. The minimum Gasteiger partial charge on any atom is -0.495 e. The Hall–Kier alpha value is -1.19. The number of nitrogens with one attached hydrogen (secondary N) is 1. The predicted octanol–water partition coefficient (Wildman–Crippen LogP) is 4.69. The van der Waals surface area contributed by atoms with E-state index in [1.807, 2.05) is 18.2 Å². The van der Waals surface area contributed by atoms with Crippen LogP contribution < -0.4 is 10.1 Å². The topological polar surface area (TPSA) is 21.3 Å². The van der Waals surface area contributed by atoms with Gasteiger partial charge >= 0.3 is 0 Å². The molecule has 2 aromatic carbocycles. The van der Waals surface area contributed by atoms with Crippen molar-refractivity contribution >= 4 is 33.2 Å². The molecule has 0 saturated carbocycles. The van der Waals surface area contributed by atoms with Gasteiger partial charge in [0.05, 0.1) is 11.6 Å². The molecule has 2 nitrogen and oxygen atoms in total. The fourth-order valence-electron chi connectivity index (χ4n) is 2.67. The Labute approximate surface area is 132 Å². The third kappa shape index (κ3) is 2.79. The zero-order chi connectivity index (χ0) is 14.1. The number of hydrogen-bond acceptors (Lipinski definition) is 2. The summed E-state index contributed by atoms with van der Waals surface area (Å²) in [6.07, 6.45) is 2.04. The van der Waals surface area contributed by atoms with Gasteiger partial charge in [-0.15, -0.1) is 0 Å². The van der Waals surface area contributed by atoms with Gasteiger partial charge in [0, 0.05) is 22.8 Å². The highest BCUT2D eigenvalue weighted by Gasteiger charge is 2.21. The van der Waals surface area contributed by atoms with Gasteiger partial charge in [-0.1, -0.05) is 17.7 Å². The lowest BCUT2D eigenvalue weighted by Gasteiger charge is -2.15. The maximum atomic E-state index is 6.05. The highest BCUT2D eigenvalue weighted by Crippen LogP contribution is 2.31. The number of rotatable bonds is 3. The van der Waals surface area contributed by atoms with Crippen LogP contribution in [0.1, 0.15) is 11.1 Å². The molecule has 0 fully saturated rings. The molecule has 0 heterocycles. The van der Waals surface area contributed by atoms with E-state index in [9.17, 15) is 0 Å². The molecule has 0 amide bonds. The summed E-state index contributed by atoms with van der Waals surface area (Å²) in [4.78, 5) is 0. The zero-order valence-electron chi connectivity index (χ0n) is 11.1. The second-order valence-electron chi connectivity index (χ2n) is 5.01. The normalized spacial score (nSPS) is 16.9. The van der Waals surface area contributed by atoms with Crippen LogP contribution in [0, 0.1) is 0 Å². The number of benzene rings is 2. The van der Waals surface area contributed by atoms with Gasteiger partial charge in [-0.3, -0.25) is 0 Å². The van der Waals surface area contributed by atoms with E-state index in [0.29, 0.717) is 6.04 Å². The predicted molar refractivity (Wildman–Crippen MR) is 87.0 cm³/mol. The van der Waals surface area contributed by atoms with E-state index in [-0.39, 0.29) is 0 Å². The lowest BCUT2D eigenvalue weighted by atomic mass is 10.1. The van der Waals surface area contributed by atoms with Crippen LogP contribution in [-0.4, -0.2) is 13.2 Å². The molecule has 2 aromatic rings. The van der Waals surface area contributed by atoms with Crippen LogP contribution in [0.3, 0.4) is 0 Å². The summed E-state index contributed by atoms with van der Waals surface area (Å²) in [5.74, 6) is 0.841. The Morgan fingerprint density at radius 2 is 1.95 bits per heavy atom. The molecule has 0 aliphatic heterocycles. The van der Waals surface area contributed by atoms with E-state index in [0.717, 1.165) is 33.8 Å². The fraction of sp³-hybridized carbons (Fsp3) is 0.250. The minimum absolute atomic E-state index is 0.411. The first kappa shape index (κ1) is 13.8. The summed E-state index contributed by atoms with van der Waals surface area (Å²) in [5, 5.41) is 4.38. The molecule has 20 heavy (non-hydrogen) atoms. The summed E-state index contributed by atoms with van der Waals surface area (Å²) in [5.41, 5.74) is 3.81. The first-order valence-corrected chi connectivity index (χ1v) is 7.70. The molecule has 0 bridgehead atoms. The van der Waals surface area contributed by atoms with Gasteiger partial charge < -0.3 is 10.1 Å². The third-order valence-electron chi connectivity index (χ3n) is 3.62. The second-order valence-corrected chi connectivity index (χ2v) is 6.30. The number of fused-ring (bicyclic) bond motifs is 1. The monoisotopic (exact) mass is 351 g/mol. The maximum absolute atomic E-state index is 6.05. The van der Waals surface area contributed by atoms with Gasteiger partial charge in [0.25, 0.3) is 0 Å². The molecule has 0 aromatic heterocycles. The number of halogens is 2. The maximum Gasteiger partial charge on any atom is 0.135 e. The zero-order valence-corrected chi connectivity index (χ0v) is 13.5. The summed E-state index contributed by atoms with van der Waals surface area (Å²) in [7, 11) is 1.68. The molecule has 104 valence electrons. The van der Waals surface area contributed by atoms with Crippen molar-refractivity contribution in [3.8, 4) is 5.75 Å². The third-order valence-corrected chi connectivity index (χ3v) is 4.51. The van der Waals surface area contributed by atoms with Crippen molar-refractivity contribution in [1.29, 1.82) is 0 Å². The van der Waals surface area contributed by atoms with Crippen LogP contribution in [0.4, 0.5) is 5.69 Å². The SMILES string of the molecule is COc1cc(NC2Cc3ccc(Cl)cc3C2)ccc1Br. The lowest BCUT2D eigenvalue weighted by Crippen LogP contribution is -2.19. The highest BCUT2D eigenvalue weighted by atomic mass is 79.9. The molecule has 0 radical (unpaired) electrons. The number of hydrogen-bond donors (Lipinski definition) is 1. The second kappa shape index (κ2) is 5.66. The van der Waals surface area contributed by atoms with Crippen molar-refractivity contribution in [2.45, 2.75) is 18.9 Å². The van der Waals surface area contributed by atoms with Crippen LogP contribution in [0.25, 0.3) is 0 Å². The number of ether oxygens (including phenoxy) is 1. The molecule has 1 N–H and O–H groups in total. The van der Waals surface area contributed by atoms with Gasteiger partial charge in [-0.2, -0.15) is 0 Å². The lowest BCUT2D eigenvalue weighted by molar-refractivity contribution is 0.412. The molecule has 4 heteroatoms. The molecular formula is C16H15BrClNO. The largest absolute Gasteiger partial charge is 0.495 e. The molecule has 1 aliphatic rings. The van der Waals surface area contributed by atoms with Gasteiger partial charge in [0.2, 0.25) is 0 Å². The number of anilines is 1. The summed E-state index contributed by atoms with van der Waals surface area (Å²) >= 11 is 9.51. The van der Waals surface area contributed by atoms with E-state index in [1.165, 1.54) is 11.1 Å². The van der Waals surface area contributed by atoms with Crippen molar-refractivity contribution in [2.24, 2.45) is 0 Å². The first-order valence-electron chi connectivity index (χ1n) is 6.53. The van der Waals surface area contributed by atoms with Crippen LogP contribution in [0.2, 0.25) is 5.02 Å². The van der Waals surface area contributed by atoms with Crippen molar-refractivity contribution < 1.29 is 4.74 Å². The van der Waals surface area contributed by atoms with E-state index in [1.54, 1.807) is 7.11 Å². The smallest absolute Gasteiger partial charge is 0.135 e. The Balaban J connectivity index is 1.74. The summed E-state index contributed by atoms with van der Waals surface area (Å²) < 4.78 is 6.29. The Kier molecular flexibility index (Phi) is 3.90. The van der Waals surface area contributed by atoms with Crippen molar-refractivity contribution in [3.63, 3.8) is 0 Å². The van der Waals surface area contributed by atoms with E-state index in [4.69, 9.17) is 16.3 Å². The van der Waals surface area contributed by atoms with E-state index < -0.39 is 0 Å². The van der Waals surface area contributed by atoms with Gasteiger partial charge in [0.1, 0.15) is 5.75 Å². The van der Waals surface area contributed by atoms with Crippen molar-refractivity contribution in [2.75, 3.05) is 12.4 Å². The quantitative estimate of drug-likeness (QED) is 0.865. The van der Waals surface area contributed by atoms with Gasteiger partial charge in [-0.25, -0.2) is 0 Å². The van der Waals surface area contributed by atoms with Crippen LogP contribution in [0.5, 0.6) is 5.75 Å². The standard InChI is InChI=1S/C16H15BrClNO/c1-20-16-9-13(4-5-15(16)17)19-14-7-10-2-3-12(18)6-11(10)8-14/h2-6,9,14,19H,7-8H2,1H3. The highest BCUT2D eigenvalue weighted by molar-refractivity contribution is 9.10. The average molecular weight is 353 g/mol. The Bertz CT molecular complexity index is 644. The molecule has 0 spiro atoms. The van der Waals surface area contributed by atoms with Gasteiger partial charge in [-0.05, 0) is 64.2 Å². The molecular weight excluding hydrogens is 338 g/mol. The first-order chi connectivity index (χ1) is 9.65. The number of methoxy groups -OCH3 is 1. The average Bonchev–Trinajstić information content (AvgIpc) is 2.82. The molecule has 1 atom stereocenters. The molecule has 1 unspecified atom stereocenters. The van der Waals surface area contributed by atoms with E-state index >= 15 is 0 Å². The van der Waals surface area contributed by atoms with Crippen molar-refractivity contribution in [3.05, 3.63) is 57.0 Å². The van der Waals surface area contributed by atoms with Crippen molar-refractivity contribution in [1.82, 2.24) is 0 Å². The van der Waals surface area contributed by atoms with E-state index in [2.05, 4.69) is 39.4 Å². The van der Waals surface area contributed by atoms with Gasteiger partial charge in [0.15, 0.2) is 0 Å².